The van der Waals surface area contributed by atoms with Crippen molar-refractivity contribution >= 4 is 11.6 Å². The van der Waals surface area contributed by atoms with Crippen LogP contribution in [-0.2, 0) is 6.54 Å². The van der Waals surface area contributed by atoms with Gasteiger partial charge in [-0.15, -0.1) is 0 Å². The Morgan fingerprint density at radius 1 is 0.933 bits per heavy atom. The van der Waals surface area contributed by atoms with E-state index in [0.717, 1.165) is 22.5 Å². The van der Waals surface area contributed by atoms with Crippen LogP contribution in [0.3, 0.4) is 0 Å². The molecule has 5 rings (SSSR count). The minimum Gasteiger partial charge on any atom is -0.346 e. The second kappa shape index (κ2) is 7.63. The van der Waals surface area contributed by atoms with E-state index in [1.807, 2.05) is 71.5 Å². The average molecular weight is 394 g/mol. The Balaban J connectivity index is 1.44. The third-order valence-electron chi connectivity index (χ3n) is 4.77. The third-order valence-corrected chi connectivity index (χ3v) is 4.77. The molecule has 146 valence electrons. The zero-order valence-corrected chi connectivity index (χ0v) is 16.0. The van der Waals surface area contributed by atoms with Crippen molar-refractivity contribution in [2.24, 2.45) is 0 Å². The van der Waals surface area contributed by atoms with Gasteiger partial charge in [0.2, 0.25) is 0 Å². The van der Waals surface area contributed by atoms with Gasteiger partial charge in [-0.3, -0.25) is 4.79 Å². The van der Waals surface area contributed by atoms with Crippen LogP contribution in [0, 0.1) is 0 Å². The maximum absolute atomic E-state index is 12.7. The van der Waals surface area contributed by atoms with Crippen LogP contribution in [0.5, 0.6) is 0 Å². The third kappa shape index (κ3) is 3.44. The second-order valence-corrected chi connectivity index (χ2v) is 6.78. The summed E-state index contributed by atoms with van der Waals surface area (Å²) in [5.74, 6) is -0.257. The maximum atomic E-state index is 12.7. The van der Waals surface area contributed by atoms with Crippen molar-refractivity contribution < 1.29 is 4.79 Å². The molecule has 0 aliphatic heterocycles. The molecule has 0 fully saturated rings. The molecule has 3 aromatic heterocycles. The lowest BCUT2D eigenvalue weighted by atomic mass is 10.1. The average Bonchev–Trinajstić information content (AvgIpc) is 3.43. The van der Waals surface area contributed by atoms with E-state index in [1.165, 1.54) is 0 Å². The smallest absolute Gasteiger partial charge is 0.272 e. The molecule has 7 heteroatoms. The van der Waals surface area contributed by atoms with E-state index >= 15 is 0 Å². The Bertz CT molecular complexity index is 1270. The molecule has 30 heavy (non-hydrogen) atoms. The topological polar surface area (TPSA) is 77.1 Å². The van der Waals surface area contributed by atoms with Gasteiger partial charge in [-0.2, -0.15) is 10.2 Å². The van der Waals surface area contributed by atoms with Crippen LogP contribution in [-0.4, -0.2) is 30.3 Å². The molecule has 7 nitrogen and oxygen atoms in total. The summed E-state index contributed by atoms with van der Waals surface area (Å²) < 4.78 is 3.41. The lowest BCUT2D eigenvalue weighted by Crippen LogP contribution is -2.23. The van der Waals surface area contributed by atoms with Gasteiger partial charge in [0.15, 0.2) is 11.3 Å². The number of carbonyl (C=O) groups is 1. The number of fused-ring (bicyclic) bond motifs is 1. The monoisotopic (exact) mass is 394 g/mol. The van der Waals surface area contributed by atoms with Gasteiger partial charge in [0, 0.05) is 42.3 Å². The molecule has 0 unspecified atom stereocenters. The predicted octanol–water partition coefficient (Wildman–Crippen LogP) is 3.51. The largest absolute Gasteiger partial charge is 0.346 e. The molecule has 3 heterocycles. The van der Waals surface area contributed by atoms with Crippen LogP contribution in [0.1, 0.15) is 16.1 Å². The van der Waals surface area contributed by atoms with Crippen molar-refractivity contribution in [3.8, 4) is 16.9 Å². The summed E-state index contributed by atoms with van der Waals surface area (Å²) in [4.78, 5) is 16.9. The van der Waals surface area contributed by atoms with Gasteiger partial charge in [0.25, 0.3) is 5.91 Å². The summed E-state index contributed by atoms with van der Waals surface area (Å²) in [6.07, 6.45) is 5.38. The van der Waals surface area contributed by atoms with E-state index in [2.05, 4.69) is 15.4 Å². The number of nitrogens with one attached hydrogen (secondary N) is 1. The van der Waals surface area contributed by atoms with Gasteiger partial charge in [-0.25, -0.2) is 14.2 Å². The van der Waals surface area contributed by atoms with Crippen LogP contribution >= 0.6 is 0 Å². The van der Waals surface area contributed by atoms with Crippen molar-refractivity contribution in [1.82, 2.24) is 29.7 Å². The molecule has 2 aromatic carbocycles. The highest BCUT2D eigenvalue weighted by Crippen LogP contribution is 2.23. The van der Waals surface area contributed by atoms with Crippen LogP contribution in [0.25, 0.3) is 22.6 Å². The van der Waals surface area contributed by atoms with Crippen molar-refractivity contribution in [1.29, 1.82) is 0 Å². The molecule has 1 amide bonds. The number of aromatic nitrogens is 5. The Labute approximate surface area is 172 Å². The Kier molecular flexibility index (Phi) is 4.53. The Morgan fingerprint density at radius 3 is 2.47 bits per heavy atom. The van der Waals surface area contributed by atoms with E-state index in [1.54, 1.807) is 29.0 Å². The zero-order valence-electron chi connectivity index (χ0n) is 16.0. The molecule has 0 saturated heterocycles. The number of hydrogen-bond donors (Lipinski definition) is 1. The molecule has 0 bridgehead atoms. The van der Waals surface area contributed by atoms with Crippen LogP contribution in [0.15, 0.2) is 91.4 Å². The first-order valence-corrected chi connectivity index (χ1v) is 9.56. The number of hydrogen-bond acceptors (Lipinski definition) is 4. The van der Waals surface area contributed by atoms with Crippen molar-refractivity contribution in [2.75, 3.05) is 0 Å². The quantitative estimate of drug-likeness (QED) is 0.495. The highest BCUT2D eigenvalue weighted by molar-refractivity contribution is 5.93. The first kappa shape index (κ1) is 17.8. The van der Waals surface area contributed by atoms with Gasteiger partial charge in [0.1, 0.15) is 0 Å². The van der Waals surface area contributed by atoms with E-state index in [4.69, 9.17) is 5.10 Å². The van der Waals surface area contributed by atoms with Crippen LogP contribution < -0.4 is 5.32 Å². The molecular formula is C23H18N6O. The Hall–Kier alpha value is -4.26. The molecule has 0 saturated carbocycles. The fraction of sp³-hybridized carbons (Fsp3) is 0.0435. The molecular weight excluding hydrogens is 376 g/mol. The fourth-order valence-corrected chi connectivity index (χ4v) is 3.30. The zero-order chi connectivity index (χ0) is 20.3. The van der Waals surface area contributed by atoms with Crippen LogP contribution in [0.2, 0.25) is 0 Å². The first-order valence-electron chi connectivity index (χ1n) is 9.56. The fourth-order valence-electron chi connectivity index (χ4n) is 3.30. The number of amides is 1. The number of rotatable bonds is 5. The minimum absolute atomic E-state index is 0.257. The molecule has 0 spiro atoms. The van der Waals surface area contributed by atoms with Gasteiger partial charge >= 0.3 is 0 Å². The van der Waals surface area contributed by atoms with Crippen molar-refractivity contribution in [2.45, 2.75) is 6.54 Å². The van der Waals surface area contributed by atoms with Crippen LogP contribution in [0.4, 0.5) is 0 Å². The second-order valence-electron chi connectivity index (χ2n) is 6.78. The molecule has 0 atom stereocenters. The van der Waals surface area contributed by atoms with E-state index in [-0.39, 0.29) is 5.91 Å². The standard InChI is InChI=1S/C23H18N6O/c30-23(20-14-21-24-12-7-13-28(21)26-20)25-15-18-16-29(19-10-5-2-6-11-19)27-22(18)17-8-3-1-4-9-17/h1-14,16H,15H2,(H,25,30). The summed E-state index contributed by atoms with van der Waals surface area (Å²) in [6.45, 7) is 0.331. The SMILES string of the molecule is O=C(NCc1cn(-c2ccccc2)nc1-c1ccccc1)c1cc2ncccn2n1. The number of nitrogens with zero attached hydrogens (tertiary/aromatic N) is 5. The molecule has 1 N–H and O–H groups in total. The summed E-state index contributed by atoms with van der Waals surface area (Å²) in [7, 11) is 0. The lowest BCUT2D eigenvalue weighted by Gasteiger charge is -2.04. The molecule has 0 aliphatic carbocycles. The van der Waals surface area contributed by atoms with Crippen molar-refractivity contribution in [3.63, 3.8) is 0 Å². The number of benzene rings is 2. The normalized spacial score (nSPS) is 10.9. The Morgan fingerprint density at radius 2 is 1.70 bits per heavy atom. The number of para-hydroxylation sites is 1. The highest BCUT2D eigenvalue weighted by Gasteiger charge is 2.15. The minimum atomic E-state index is -0.257. The van der Waals surface area contributed by atoms with Gasteiger partial charge in [-0.1, -0.05) is 48.5 Å². The maximum Gasteiger partial charge on any atom is 0.272 e. The molecule has 5 aromatic rings. The van der Waals surface area contributed by atoms with Gasteiger partial charge < -0.3 is 5.32 Å². The summed E-state index contributed by atoms with van der Waals surface area (Å²) >= 11 is 0. The summed E-state index contributed by atoms with van der Waals surface area (Å²) in [6, 6.07) is 23.3. The highest BCUT2D eigenvalue weighted by atomic mass is 16.1. The van der Waals surface area contributed by atoms with Gasteiger partial charge in [-0.05, 0) is 18.2 Å². The molecule has 0 aliphatic rings. The molecule has 0 radical (unpaired) electrons. The predicted molar refractivity (Wildman–Crippen MR) is 113 cm³/mol. The van der Waals surface area contributed by atoms with E-state index in [9.17, 15) is 4.79 Å². The first-order chi connectivity index (χ1) is 14.8. The van der Waals surface area contributed by atoms with E-state index < -0.39 is 0 Å². The van der Waals surface area contributed by atoms with Gasteiger partial charge in [0.05, 0.1) is 11.4 Å². The summed E-state index contributed by atoms with van der Waals surface area (Å²) in [5.41, 5.74) is 4.65. The van der Waals surface area contributed by atoms with E-state index in [0.29, 0.717) is 17.9 Å². The lowest BCUT2D eigenvalue weighted by molar-refractivity contribution is 0.0945. The van der Waals surface area contributed by atoms with Crippen molar-refractivity contribution in [3.05, 3.63) is 103 Å². The number of carbonyl (C=O) groups excluding carboxylic acids is 1. The summed E-state index contributed by atoms with van der Waals surface area (Å²) in [5, 5.41) is 12.0.